The molecule has 24 heavy (non-hydrogen) atoms. The van der Waals surface area contributed by atoms with Gasteiger partial charge in [-0.05, 0) is 18.1 Å². The highest BCUT2D eigenvalue weighted by Gasteiger charge is 2.24. The van der Waals surface area contributed by atoms with E-state index < -0.39 is 28.7 Å². The molecule has 1 rings (SSSR count). The van der Waals surface area contributed by atoms with Gasteiger partial charge >= 0.3 is 5.97 Å². The predicted octanol–water partition coefficient (Wildman–Crippen LogP) is 1.01. The number of carbonyl (C=O) groups excluding carboxylic acids is 2. The van der Waals surface area contributed by atoms with Crippen molar-refractivity contribution in [3.05, 3.63) is 33.9 Å². The van der Waals surface area contributed by atoms with Crippen LogP contribution in [0.25, 0.3) is 0 Å². The number of nitrogens with two attached hydrogens (primary N) is 1. The standard InChI is InChI=1S/C14H17N3O6S/c1-7(2)12(14(20)21)16-11(18)6-24-10-4-3-8(13(15)19)5-9(10)17(22)23/h3-5,7,12H,6H2,1-2H3,(H2,15,19)(H,16,18)(H,20,21)/t12-/m0/s1. The van der Waals surface area contributed by atoms with Crippen LogP contribution in [0.1, 0.15) is 24.2 Å². The summed E-state index contributed by atoms with van der Waals surface area (Å²) in [5, 5.41) is 22.4. The molecule has 0 radical (unpaired) electrons. The Morgan fingerprint density at radius 3 is 2.46 bits per heavy atom. The Morgan fingerprint density at radius 1 is 1.38 bits per heavy atom. The van der Waals surface area contributed by atoms with Crippen LogP contribution in [0.3, 0.4) is 0 Å². The molecular formula is C14H17N3O6S. The van der Waals surface area contributed by atoms with Gasteiger partial charge in [0.05, 0.1) is 15.6 Å². The second-order valence-corrected chi connectivity index (χ2v) is 6.24. The van der Waals surface area contributed by atoms with Gasteiger partial charge in [-0.15, -0.1) is 11.8 Å². The lowest BCUT2D eigenvalue weighted by Crippen LogP contribution is -2.45. The maximum atomic E-state index is 11.9. The van der Waals surface area contributed by atoms with Crippen molar-refractivity contribution in [1.29, 1.82) is 0 Å². The summed E-state index contributed by atoms with van der Waals surface area (Å²) >= 11 is 0.871. The number of rotatable bonds is 8. The SMILES string of the molecule is CC(C)[C@H](NC(=O)CSc1ccc(C(N)=O)cc1[N+](=O)[O-])C(=O)O. The van der Waals surface area contributed by atoms with Crippen LogP contribution in [0.4, 0.5) is 5.69 Å². The lowest BCUT2D eigenvalue weighted by Gasteiger charge is -2.17. The van der Waals surface area contributed by atoms with E-state index in [4.69, 9.17) is 10.8 Å². The molecule has 0 aromatic heterocycles. The van der Waals surface area contributed by atoms with Crippen LogP contribution in [0.15, 0.2) is 23.1 Å². The Bertz CT molecular complexity index is 676. The fourth-order valence-corrected chi connectivity index (χ4v) is 2.62. The van der Waals surface area contributed by atoms with Gasteiger partial charge in [-0.1, -0.05) is 13.8 Å². The summed E-state index contributed by atoms with van der Waals surface area (Å²) in [4.78, 5) is 44.5. The molecule has 0 fully saturated rings. The minimum atomic E-state index is -1.15. The lowest BCUT2D eigenvalue weighted by molar-refractivity contribution is -0.387. The molecule has 1 aromatic rings. The Morgan fingerprint density at radius 2 is 2.00 bits per heavy atom. The summed E-state index contributed by atoms with van der Waals surface area (Å²) < 4.78 is 0. The average molecular weight is 355 g/mol. The third-order valence-corrected chi connectivity index (χ3v) is 4.11. The molecule has 0 aliphatic heterocycles. The van der Waals surface area contributed by atoms with E-state index in [0.29, 0.717) is 0 Å². The fourth-order valence-electron chi connectivity index (χ4n) is 1.81. The average Bonchev–Trinajstić information content (AvgIpc) is 2.49. The summed E-state index contributed by atoms with van der Waals surface area (Å²) in [6, 6.07) is 2.65. The molecule has 0 spiro atoms. The summed E-state index contributed by atoms with van der Waals surface area (Å²) in [6.07, 6.45) is 0. The molecule has 10 heteroatoms. The first kappa shape index (κ1) is 19.4. The van der Waals surface area contributed by atoms with E-state index in [0.717, 1.165) is 17.8 Å². The monoisotopic (exact) mass is 355 g/mol. The minimum Gasteiger partial charge on any atom is -0.480 e. The summed E-state index contributed by atoms with van der Waals surface area (Å²) in [5.41, 5.74) is 4.72. The van der Waals surface area contributed by atoms with Crippen LogP contribution in [0.5, 0.6) is 0 Å². The number of carbonyl (C=O) groups is 3. The summed E-state index contributed by atoms with van der Waals surface area (Å²) in [7, 11) is 0. The number of benzene rings is 1. The van der Waals surface area contributed by atoms with Crippen LogP contribution in [-0.2, 0) is 9.59 Å². The first-order valence-corrected chi connectivity index (χ1v) is 7.85. The first-order valence-electron chi connectivity index (χ1n) is 6.86. The van der Waals surface area contributed by atoms with Gasteiger partial charge in [0.1, 0.15) is 6.04 Å². The van der Waals surface area contributed by atoms with Crippen LogP contribution < -0.4 is 11.1 Å². The lowest BCUT2D eigenvalue weighted by atomic mass is 10.1. The number of thioether (sulfide) groups is 1. The zero-order chi connectivity index (χ0) is 18.4. The van der Waals surface area contributed by atoms with E-state index in [-0.39, 0.29) is 27.8 Å². The molecule has 2 amide bonds. The van der Waals surface area contributed by atoms with Gasteiger partial charge in [-0.3, -0.25) is 19.7 Å². The van der Waals surface area contributed by atoms with Crippen LogP contribution >= 0.6 is 11.8 Å². The van der Waals surface area contributed by atoms with Gasteiger partial charge < -0.3 is 16.2 Å². The normalized spacial score (nSPS) is 11.8. The Labute approximate surface area is 141 Å². The maximum Gasteiger partial charge on any atom is 0.326 e. The molecule has 0 bridgehead atoms. The molecule has 0 saturated heterocycles. The summed E-state index contributed by atoms with van der Waals surface area (Å²) in [6.45, 7) is 3.30. The highest BCUT2D eigenvalue weighted by molar-refractivity contribution is 8.00. The van der Waals surface area contributed by atoms with Crippen molar-refractivity contribution in [2.45, 2.75) is 24.8 Å². The molecule has 0 aliphatic carbocycles. The van der Waals surface area contributed by atoms with Gasteiger partial charge in [-0.2, -0.15) is 0 Å². The van der Waals surface area contributed by atoms with Crippen LogP contribution in [0, 0.1) is 16.0 Å². The molecule has 0 aliphatic rings. The zero-order valence-corrected chi connectivity index (χ0v) is 13.8. The second kappa shape index (κ2) is 8.29. The number of primary amides is 1. The Balaban J connectivity index is 2.83. The number of nitro groups is 1. The van der Waals surface area contributed by atoms with Crippen LogP contribution in [0.2, 0.25) is 0 Å². The minimum absolute atomic E-state index is 0.0127. The van der Waals surface area contributed by atoms with Crippen molar-refractivity contribution >= 4 is 35.2 Å². The molecule has 130 valence electrons. The fraction of sp³-hybridized carbons (Fsp3) is 0.357. The van der Waals surface area contributed by atoms with Gasteiger partial charge in [0.25, 0.3) is 5.69 Å². The highest BCUT2D eigenvalue weighted by atomic mass is 32.2. The van der Waals surface area contributed by atoms with E-state index in [1.165, 1.54) is 12.1 Å². The number of carboxylic acid groups (broad SMARTS) is 1. The Hall–Kier alpha value is -2.62. The molecule has 1 aromatic carbocycles. The number of carboxylic acids is 1. The van der Waals surface area contributed by atoms with Crippen molar-refractivity contribution < 1.29 is 24.4 Å². The van der Waals surface area contributed by atoms with Gasteiger partial charge in [0, 0.05) is 11.6 Å². The third kappa shape index (κ3) is 5.23. The number of hydrogen-bond acceptors (Lipinski definition) is 6. The molecular weight excluding hydrogens is 338 g/mol. The molecule has 0 unspecified atom stereocenters. The van der Waals surface area contributed by atoms with E-state index in [9.17, 15) is 24.5 Å². The topological polar surface area (TPSA) is 153 Å². The third-order valence-electron chi connectivity index (χ3n) is 3.05. The number of nitrogens with one attached hydrogen (secondary N) is 1. The van der Waals surface area contributed by atoms with Crippen molar-refractivity contribution in [2.24, 2.45) is 11.7 Å². The quantitative estimate of drug-likeness (QED) is 0.357. The number of nitrogens with zero attached hydrogens (tertiary/aromatic N) is 1. The maximum absolute atomic E-state index is 11.9. The van der Waals surface area contributed by atoms with Gasteiger partial charge in [0.2, 0.25) is 11.8 Å². The van der Waals surface area contributed by atoms with Crippen molar-refractivity contribution in [3.63, 3.8) is 0 Å². The number of nitro benzene ring substituents is 1. The predicted molar refractivity (Wildman–Crippen MR) is 86.7 cm³/mol. The summed E-state index contributed by atoms with van der Waals surface area (Å²) in [5.74, 6) is -3.02. The van der Waals surface area contributed by atoms with Crippen molar-refractivity contribution in [1.82, 2.24) is 5.32 Å². The molecule has 0 heterocycles. The largest absolute Gasteiger partial charge is 0.480 e. The Kier molecular flexibility index (Phi) is 6.71. The van der Waals surface area contributed by atoms with Crippen LogP contribution in [-0.4, -0.2) is 39.6 Å². The van der Waals surface area contributed by atoms with E-state index in [2.05, 4.69) is 5.32 Å². The van der Waals surface area contributed by atoms with Gasteiger partial charge in [-0.25, -0.2) is 4.79 Å². The van der Waals surface area contributed by atoms with E-state index >= 15 is 0 Å². The number of aliphatic carboxylic acids is 1. The smallest absolute Gasteiger partial charge is 0.326 e. The second-order valence-electron chi connectivity index (χ2n) is 5.22. The number of hydrogen-bond donors (Lipinski definition) is 3. The number of amides is 2. The van der Waals surface area contributed by atoms with Gasteiger partial charge in [0.15, 0.2) is 0 Å². The highest BCUT2D eigenvalue weighted by Crippen LogP contribution is 2.30. The van der Waals surface area contributed by atoms with E-state index in [1.807, 2.05) is 0 Å². The van der Waals surface area contributed by atoms with Crippen molar-refractivity contribution in [3.8, 4) is 0 Å². The molecule has 0 saturated carbocycles. The first-order chi connectivity index (χ1) is 11.1. The molecule has 4 N–H and O–H groups in total. The van der Waals surface area contributed by atoms with E-state index in [1.54, 1.807) is 13.8 Å². The molecule has 1 atom stereocenters. The molecule has 9 nitrogen and oxygen atoms in total. The van der Waals surface area contributed by atoms with Crippen molar-refractivity contribution in [2.75, 3.05) is 5.75 Å². The zero-order valence-electron chi connectivity index (χ0n) is 13.0.